The van der Waals surface area contributed by atoms with Crippen molar-refractivity contribution in [3.05, 3.63) is 52.0 Å². The van der Waals surface area contributed by atoms with Gasteiger partial charge in [0.15, 0.2) is 11.5 Å². The molecule has 2 aromatic carbocycles. The summed E-state index contributed by atoms with van der Waals surface area (Å²) < 4.78 is 10.7. The van der Waals surface area contributed by atoms with Crippen LogP contribution in [0, 0.1) is 5.92 Å². The topological polar surface area (TPSA) is 77.4 Å². The molecule has 0 bridgehead atoms. The van der Waals surface area contributed by atoms with Crippen molar-refractivity contribution in [1.82, 2.24) is 0 Å². The molecule has 144 valence electrons. The van der Waals surface area contributed by atoms with E-state index in [1.807, 2.05) is 0 Å². The molecule has 0 aromatic heterocycles. The second-order valence-corrected chi connectivity index (χ2v) is 6.97. The molecule has 0 spiro atoms. The number of carbonyl (C=O) groups excluding carboxylic acids is 2. The summed E-state index contributed by atoms with van der Waals surface area (Å²) >= 11 is 12.1. The van der Waals surface area contributed by atoms with Gasteiger partial charge in [0.1, 0.15) is 11.6 Å². The van der Waals surface area contributed by atoms with Gasteiger partial charge in [0.2, 0.25) is 12.0 Å². The lowest BCUT2D eigenvalue weighted by molar-refractivity contribution is -0.126. The second-order valence-electron chi connectivity index (χ2n) is 6.13. The van der Waals surface area contributed by atoms with Crippen molar-refractivity contribution in [3.63, 3.8) is 0 Å². The van der Waals surface area contributed by atoms with Gasteiger partial charge in [-0.15, -0.1) is 0 Å². The Balaban J connectivity index is 1.76. The van der Waals surface area contributed by atoms with E-state index >= 15 is 0 Å². The summed E-state index contributed by atoms with van der Waals surface area (Å²) in [4.78, 5) is 32.3. The number of halogens is 2. The van der Waals surface area contributed by atoms with Crippen molar-refractivity contribution in [1.29, 1.82) is 0 Å². The summed E-state index contributed by atoms with van der Waals surface area (Å²) in [6, 6.07) is 9.72. The van der Waals surface area contributed by atoms with Crippen LogP contribution in [0.3, 0.4) is 0 Å². The predicted molar refractivity (Wildman–Crippen MR) is 103 cm³/mol. The van der Waals surface area contributed by atoms with Crippen LogP contribution < -0.4 is 14.4 Å². The van der Waals surface area contributed by atoms with E-state index in [-0.39, 0.29) is 10.7 Å². The number of rotatable bonds is 4. The number of oxime groups is 1. The number of benzene rings is 2. The van der Waals surface area contributed by atoms with Gasteiger partial charge in [-0.25, -0.2) is 4.90 Å². The van der Waals surface area contributed by atoms with Crippen molar-refractivity contribution < 1.29 is 23.9 Å². The molecule has 2 amide bonds. The summed E-state index contributed by atoms with van der Waals surface area (Å²) in [7, 11) is 2.99. The Kier molecular flexibility index (Phi) is 4.64. The first-order valence-corrected chi connectivity index (χ1v) is 9.01. The lowest BCUT2D eigenvalue weighted by atomic mass is 9.93. The highest BCUT2D eigenvalue weighted by molar-refractivity contribution is 6.40. The molecule has 2 heterocycles. The number of nitrogens with zero attached hydrogens (tertiary/aromatic N) is 2. The molecule has 4 rings (SSSR count). The lowest BCUT2D eigenvalue weighted by Gasteiger charge is -2.17. The zero-order valence-electron chi connectivity index (χ0n) is 14.8. The number of hydrogen-bond donors (Lipinski definition) is 0. The molecule has 2 aromatic rings. The van der Waals surface area contributed by atoms with E-state index in [0.29, 0.717) is 27.8 Å². The number of ether oxygens (including phenoxy) is 2. The third kappa shape index (κ3) is 2.70. The van der Waals surface area contributed by atoms with E-state index in [0.717, 1.165) is 4.90 Å². The quantitative estimate of drug-likeness (QED) is 0.709. The van der Waals surface area contributed by atoms with E-state index in [1.165, 1.54) is 26.4 Å². The van der Waals surface area contributed by atoms with Gasteiger partial charge in [-0.1, -0.05) is 34.4 Å². The number of para-hydroxylation sites is 1. The summed E-state index contributed by atoms with van der Waals surface area (Å²) in [5, 5.41) is 4.58. The van der Waals surface area contributed by atoms with Crippen LogP contribution in [0.2, 0.25) is 10.0 Å². The molecule has 1 fully saturated rings. The second kappa shape index (κ2) is 7.00. The van der Waals surface area contributed by atoms with Gasteiger partial charge in [0.05, 0.1) is 24.9 Å². The SMILES string of the molecule is COc1cccc(C2=NO[C@H]3C(=O)N(c4ccc(Cl)cc4Cl)C(=O)[C@H]23)c1OC. The molecule has 0 unspecified atom stereocenters. The van der Waals surface area contributed by atoms with Gasteiger partial charge in [-0.05, 0) is 30.3 Å². The van der Waals surface area contributed by atoms with E-state index in [4.69, 9.17) is 37.5 Å². The Morgan fingerprint density at radius 3 is 2.54 bits per heavy atom. The highest BCUT2D eigenvalue weighted by Crippen LogP contribution is 2.41. The van der Waals surface area contributed by atoms with Crippen molar-refractivity contribution in [2.45, 2.75) is 6.10 Å². The van der Waals surface area contributed by atoms with Gasteiger partial charge >= 0.3 is 0 Å². The Bertz CT molecular complexity index is 1020. The molecule has 2 aliphatic heterocycles. The number of amides is 2. The zero-order chi connectivity index (χ0) is 20.0. The largest absolute Gasteiger partial charge is 0.493 e. The molecule has 28 heavy (non-hydrogen) atoms. The summed E-state index contributed by atoms with van der Waals surface area (Å²) in [5.41, 5.74) is 1.06. The van der Waals surface area contributed by atoms with Gasteiger partial charge in [0.25, 0.3) is 5.91 Å². The zero-order valence-corrected chi connectivity index (χ0v) is 16.3. The van der Waals surface area contributed by atoms with Crippen LogP contribution in [-0.4, -0.2) is 37.8 Å². The van der Waals surface area contributed by atoms with Gasteiger partial charge in [0, 0.05) is 10.6 Å². The smallest absolute Gasteiger partial charge is 0.279 e. The van der Waals surface area contributed by atoms with Crippen molar-refractivity contribution in [3.8, 4) is 11.5 Å². The maximum absolute atomic E-state index is 13.2. The van der Waals surface area contributed by atoms with E-state index in [9.17, 15) is 9.59 Å². The van der Waals surface area contributed by atoms with Crippen molar-refractivity contribution in [2.75, 3.05) is 19.1 Å². The number of imide groups is 1. The Morgan fingerprint density at radius 1 is 1.07 bits per heavy atom. The van der Waals surface area contributed by atoms with Crippen LogP contribution in [0.5, 0.6) is 11.5 Å². The standard InChI is InChI=1S/C19H14Cl2N2O5/c1-26-13-5-3-4-10(16(13)27-2)15-14-17(28-22-15)19(25)23(18(14)24)12-7-6-9(20)8-11(12)21/h3-8,14,17H,1-2H3/t14-,17-/m1/s1. The lowest BCUT2D eigenvalue weighted by Crippen LogP contribution is -2.33. The summed E-state index contributed by atoms with van der Waals surface area (Å²) in [6.45, 7) is 0. The fourth-order valence-electron chi connectivity index (χ4n) is 3.39. The molecule has 2 atom stereocenters. The van der Waals surface area contributed by atoms with Crippen LogP contribution in [0.1, 0.15) is 5.56 Å². The number of carbonyl (C=O) groups is 2. The molecular weight excluding hydrogens is 407 g/mol. The van der Waals surface area contributed by atoms with Crippen LogP contribution in [0.25, 0.3) is 0 Å². The van der Waals surface area contributed by atoms with Crippen LogP contribution in [-0.2, 0) is 14.4 Å². The number of methoxy groups -OCH3 is 2. The Morgan fingerprint density at radius 2 is 1.86 bits per heavy atom. The molecular formula is C19H14Cl2N2O5. The molecule has 0 aliphatic carbocycles. The Hall–Kier alpha value is -2.77. The van der Waals surface area contributed by atoms with Gasteiger partial charge in [-0.2, -0.15) is 0 Å². The fraction of sp³-hybridized carbons (Fsp3) is 0.211. The van der Waals surface area contributed by atoms with Crippen molar-refractivity contribution >= 4 is 46.4 Å². The summed E-state index contributed by atoms with van der Waals surface area (Å²) in [6.07, 6.45) is -1.06. The third-order valence-corrected chi connectivity index (χ3v) is 5.18. The fourth-order valence-corrected chi connectivity index (χ4v) is 3.88. The van der Waals surface area contributed by atoms with Gasteiger partial charge in [-0.3, -0.25) is 9.59 Å². The maximum atomic E-state index is 13.2. The first kappa shape index (κ1) is 18.6. The molecule has 0 saturated carbocycles. The minimum absolute atomic E-state index is 0.187. The predicted octanol–water partition coefficient (Wildman–Crippen LogP) is 3.30. The highest BCUT2D eigenvalue weighted by Gasteiger charge is 2.57. The normalized spacial score (nSPS) is 20.7. The molecule has 7 nitrogen and oxygen atoms in total. The summed E-state index contributed by atoms with van der Waals surface area (Å²) in [5.74, 6) is -1.07. The van der Waals surface area contributed by atoms with E-state index in [1.54, 1.807) is 24.3 Å². The monoisotopic (exact) mass is 420 g/mol. The van der Waals surface area contributed by atoms with Crippen LogP contribution in [0.15, 0.2) is 41.6 Å². The van der Waals surface area contributed by atoms with Gasteiger partial charge < -0.3 is 14.3 Å². The molecule has 9 heteroatoms. The number of fused-ring (bicyclic) bond motifs is 1. The first-order chi connectivity index (χ1) is 13.5. The minimum Gasteiger partial charge on any atom is -0.493 e. The van der Waals surface area contributed by atoms with Crippen LogP contribution in [0.4, 0.5) is 5.69 Å². The Labute approximate surface area is 170 Å². The van der Waals surface area contributed by atoms with E-state index < -0.39 is 23.8 Å². The average molecular weight is 421 g/mol. The highest BCUT2D eigenvalue weighted by atomic mass is 35.5. The third-order valence-electron chi connectivity index (χ3n) is 4.64. The van der Waals surface area contributed by atoms with E-state index in [2.05, 4.69) is 5.16 Å². The molecule has 1 saturated heterocycles. The number of hydrogen-bond acceptors (Lipinski definition) is 6. The first-order valence-electron chi connectivity index (χ1n) is 8.26. The van der Waals surface area contributed by atoms with Crippen LogP contribution >= 0.6 is 23.2 Å². The number of anilines is 1. The molecule has 0 N–H and O–H groups in total. The molecule has 0 radical (unpaired) electrons. The van der Waals surface area contributed by atoms with Crippen molar-refractivity contribution in [2.24, 2.45) is 11.1 Å². The molecule has 2 aliphatic rings. The minimum atomic E-state index is -1.06. The average Bonchev–Trinajstić information content (AvgIpc) is 3.22. The maximum Gasteiger partial charge on any atom is 0.279 e.